The number of phenolic OH excluding ortho intramolecular Hbond substituents is 2. The smallest absolute Gasteiger partial charge is 0.290 e. The van der Waals surface area contributed by atoms with Crippen LogP contribution in [0.25, 0.3) is 0 Å². The van der Waals surface area contributed by atoms with Gasteiger partial charge in [0.2, 0.25) is 0 Å². The van der Waals surface area contributed by atoms with Crippen molar-refractivity contribution in [3.63, 3.8) is 0 Å². The van der Waals surface area contributed by atoms with Crippen LogP contribution in [0.15, 0.2) is 46.9 Å². The zero-order chi connectivity index (χ0) is 18.5. The number of phenols is 2. The fourth-order valence-corrected chi connectivity index (χ4v) is 1.06. The van der Waals surface area contributed by atoms with Gasteiger partial charge in [0.1, 0.15) is 11.5 Å². The molecule has 5 nitrogen and oxygen atoms in total. The van der Waals surface area contributed by atoms with Gasteiger partial charge in [-0.05, 0) is 65.0 Å². The van der Waals surface area contributed by atoms with Gasteiger partial charge in [0.25, 0.3) is 10.1 Å². The predicted molar refractivity (Wildman–Crippen MR) is 93.6 cm³/mol. The minimum atomic E-state index is -3.98. The fourth-order valence-electron chi connectivity index (χ4n) is 0.823. The van der Waals surface area contributed by atoms with Crippen molar-refractivity contribution in [2.75, 3.05) is 0 Å². The summed E-state index contributed by atoms with van der Waals surface area (Å²) in [6.07, 6.45) is 2.99. The van der Waals surface area contributed by atoms with Crippen LogP contribution < -0.4 is 0 Å². The minimum Gasteiger partial charge on any atom is -0.508 e. The highest BCUT2D eigenvalue weighted by molar-refractivity contribution is 7.89. The Morgan fingerprint density at radius 1 is 0.913 bits per heavy atom. The molecule has 0 fully saturated rings. The van der Waals surface area contributed by atoms with Gasteiger partial charge in [-0.25, -0.2) is 0 Å². The molecule has 0 spiro atoms. The number of hydrogen-bond acceptors (Lipinski definition) is 4. The first kappa shape index (κ1) is 23.0. The maximum atomic E-state index is 10.4. The molecule has 1 aromatic rings. The zero-order valence-corrected chi connectivity index (χ0v) is 14.8. The Labute approximate surface area is 138 Å². The molecule has 6 heteroatoms. The maximum Gasteiger partial charge on any atom is 0.290 e. The lowest BCUT2D eigenvalue weighted by atomic mass is 10.3. The van der Waals surface area contributed by atoms with Gasteiger partial charge < -0.3 is 10.2 Å². The van der Waals surface area contributed by atoms with Crippen LogP contribution in [-0.2, 0) is 10.1 Å². The van der Waals surface area contributed by atoms with Gasteiger partial charge in [0.05, 0.1) is 4.91 Å². The Bertz CT molecular complexity index is 641. The first-order chi connectivity index (χ1) is 10.5. The third-order valence-corrected chi connectivity index (χ3v) is 3.11. The van der Waals surface area contributed by atoms with E-state index < -0.39 is 10.1 Å². The molecule has 3 N–H and O–H groups in total. The monoisotopic (exact) mass is 340 g/mol. The summed E-state index contributed by atoms with van der Waals surface area (Å²) in [6.45, 7) is 8.66. The van der Waals surface area contributed by atoms with Crippen molar-refractivity contribution >= 4 is 10.1 Å². The van der Waals surface area contributed by atoms with E-state index in [4.69, 9.17) is 14.8 Å². The Hall–Kier alpha value is -2.23. The molecule has 0 saturated heterocycles. The molecule has 23 heavy (non-hydrogen) atoms. The summed E-state index contributed by atoms with van der Waals surface area (Å²) in [5.74, 6) is 5.70. The van der Waals surface area contributed by atoms with Crippen LogP contribution in [0.5, 0.6) is 11.5 Å². The lowest BCUT2D eigenvalue weighted by molar-refractivity contribution is 0.460. The van der Waals surface area contributed by atoms with E-state index in [2.05, 4.69) is 11.8 Å². The van der Waals surface area contributed by atoms with Crippen LogP contribution in [0, 0.1) is 11.8 Å². The molecule has 0 aliphatic carbocycles. The molecule has 1 aromatic carbocycles. The maximum absolute atomic E-state index is 10.4. The average Bonchev–Trinajstić information content (AvgIpc) is 2.47. The van der Waals surface area contributed by atoms with E-state index >= 15 is 0 Å². The van der Waals surface area contributed by atoms with Crippen LogP contribution in [-0.4, -0.2) is 23.2 Å². The molecular formula is C17H24O5S. The van der Waals surface area contributed by atoms with Crippen LogP contribution >= 0.6 is 0 Å². The number of rotatable bonds is 2. The Morgan fingerprint density at radius 2 is 1.26 bits per heavy atom. The molecule has 0 atom stereocenters. The zero-order valence-electron chi connectivity index (χ0n) is 14.0. The summed E-state index contributed by atoms with van der Waals surface area (Å²) in [5, 5.41) is 17.3. The normalized spacial score (nSPS) is 9.91. The summed E-state index contributed by atoms with van der Waals surface area (Å²) >= 11 is 0. The molecule has 0 heterocycles. The number of benzene rings is 1. The largest absolute Gasteiger partial charge is 0.508 e. The molecular weight excluding hydrogens is 316 g/mol. The second kappa shape index (κ2) is 12.3. The lowest BCUT2D eigenvalue weighted by Crippen LogP contribution is -1.97. The number of aromatic hydroxyl groups is 2. The lowest BCUT2D eigenvalue weighted by Gasteiger charge is -1.92. The number of hydrogen-bond donors (Lipinski definition) is 3. The molecule has 0 unspecified atom stereocenters. The van der Waals surface area contributed by atoms with Crippen LogP contribution in [0.2, 0.25) is 0 Å². The summed E-state index contributed by atoms with van der Waals surface area (Å²) < 4.78 is 29.3. The first-order valence-electron chi connectivity index (χ1n) is 6.65. The minimum absolute atomic E-state index is 0.0429. The molecule has 0 bridgehead atoms. The summed E-state index contributed by atoms with van der Waals surface area (Å²) in [7, 11) is -3.98. The van der Waals surface area contributed by atoms with Crippen molar-refractivity contribution < 1.29 is 23.2 Å². The summed E-state index contributed by atoms with van der Waals surface area (Å²) in [5.41, 5.74) is 0.980. The van der Waals surface area contributed by atoms with E-state index in [1.807, 2.05) is 27.7 Å². The quantitative estimate of drug-likeness (QED) is 0.329. The Balaban J connectivity index is 0. The van der Waals surface area contributed by atoms with Gasteiger partial charge in [-0.1, -0.05) is 11.6 Å². The van der Waals surface area contributed by atoms with Crippen LogP contribution in [0.1, 0.15) is 34.6 Å². The third kappa shape index (κ3) is 16.0. The van der Waals surface area contributed by atoms with Crippen molar-refractivity contribution in [1.29, 1.82) is 0 Å². The van der Waals surface area contributed by atoms with E-state index in [1.54, 1.807) is 6.08 Å². The van der Waals surface area contributed by atoms with E-state index in [9.17, 15) is 8.42 Å². The van der Waals surface area contributed by atoms with E-state index in [-0.39, 0.29) is 16.4 Å². The topological polar surface area (TPSA) is 94.8 Å². The summed E-state index contributed by atoms with van der Waals surface area (Å²) in [4.78, 5) is -0.0429. The first-order valence-corrected chi connectivity index (χ1v) is 8.09. The average molecular weight is 340 g/mol. The highest BCUT2D eigenvalue weighted by atomic mass is 32.2. The van der Waals surface area contributed by atoms with E-state index in [0.717, 1.165) is 5.57 Å². The third-order valence-electron chi connectivity index (χ3n) is 2.16. The van der Waals surface area contributed by atoms with Crippen molar-refractivity contribution in [3.05, 3.63) is 46.9 Å². The van der Waals surface area contributed by atoms with Gasteiger partial charge in [0, 0.05) is 0 Å². The second-order valence-electron chi connectivity index (χ2n) is 4.51. The predicted octanol–water partition coefficient (Wildman–Crippen LogP) is 3.87. The molecule has 0 amide bonds. The van der Waals surface area contributed by atoms with E-state index in [1.165, 1.54) is 37.3 Å². The highest BCUT2D eigenvalue weighted by Crippen LogP contribution is 2.13. The van der Waals surface area contributed by atoms with Gasteiger partial charge in [-0.3, -0.25) is 4.55 Å². The van der Waals surface area contributed by atoms with Crippen molar-refractivity contribution in [2.45, 2.75) is 34.6 Å². The Kier molecular flexibility index (Phi) is 12.4. The SMILES string of the molecule is CC#CC.CC(C)=C/C=C(\C)S(=O)(=O)O.Oc1ccc(O)cc1. The van der Waals surface area contributed by atoms with Gasteiger partial charge in [-0.15, -0.1) is 11.8 Å². The van der Waals surface area contributed by atoms with Crippen molar-refractivity contribution in [1.82, 2.24) is 0 Å². The van der Waals surface area contributed by atoms with Crippen LogP contribution in [0.3, 0.4) is 0 Å². The molecule has 0 saturated carbocycles. The van der Waals surface area contributed by atoms with Crippen LogP contribution in [0.4, 0.5) is 0 Å². The second-order valence-corrected chi connectivity index (χ2v) is 6.11. The van der Waals surface area contributed by atoms with Gasteiger partial charge in [0.15, 0.2) is 0 Å². The standard InChI is InChI=1S/C7H12O3S.C6H6O2.C4H6/c1-6(2)4-5-7(3)11(8,9)10;7-5-1-2-6(8)4-3-5;1-3-4-2/h4-5H,1-3H3,(H,8,9,10);1-4,7-8H;1-2H3/b7-5+;;. The van der Waals surface area contributed by atoms with Crippen molar-refractivity contribution in [2.24, 2.45) is 0 Å². The molecule has 0 aliphatic rings. The highest BCUT2D eigenvalue weighted by Gasteiger charge is 2.04. The molecule has 1 rings (SSSR count). The Morgan fingerprint density at radius 3 is 1.48 bits per heavy atom. The van der Waals surface area contributed by atoms with Gasteiger partial charge in [-0.2, -0.15) is 8.42 Å². The summed E-state index contributed by atoms with van der Waals surface area (Å²) in [6, 6.07) is 5.70. The van der Waals surface area contributed by atoms with Gasteiger partial charge >= 0.3 is 0 Å². The number of allylic oxidation sites excluding steroid dienone is 4. The van der Waals surface area contributed by atoms with E-state index in [0.29, 0.717) is 0 Å². The molecule has 0 aromatic heterocycles. The fraction of sp³-hybridized carbons (Fsp3) is 0.294. The molecule has 128 valence electrons. The molecule has 0 radical (unpaired) electrons. The molecule has 0 aliphatic heterocycles. The van der Waals surface area contributed by atoms with Crippen molar-refractivity contribution in [3.8, 4) is 23.3 Å².